The highest BCUT2D eigenvalue weighted by Gasteiger charge is 2.32. The third-order valence-electron chi connectivity index (χ3n) is 3.61. The Morgan fingerprint density at radius 3 is 2.88 bits per heavy atom. The molecule has 2 atom stereocenters. The van der Waals surface area contributed by atoms with E-state index in [0.717, 1.165) is 19.3 Å². The number of hydrogen-bond donors (Lipinski definition) is 1. The summed E-state index contributed by atoms with van der Waals surface area (Å²) in [5.74, 6) is 0.253. The molecule has 3 nitrogen and oxygen atoms in total. The lowest BCUT2D eigenvalue weighted by Gasteiger charge is -2.23. The summed E-state index contributed by atoms with van der Waals surface area (Å²) in [4.78, 5) is 15.3. The number of hydrogen-bond acceptors (Lipinski definition) is 3. The molecule has 0 aromatic carbocycles. The summed E-state index contributed by atoms with van der Waals surface area (Å²) in [6.45, 7) is 2.80. The maximum Gasteiger partial charge on any atom is 0.227 e. The van der Waals surface area contributed by atoms with Crippen molar-refractivity contribution in [1.29, 1.82) is 0 Å². The zero-order valence-corrected chi connectivity index (χ0v) is 11.3. The van der Waals surface area contributed by atoms with Crippen molar-refractivity contribution in [2.75, 3.05) is 7.05 Å². The van der Waals surface area contributed by atoms with E-state index in [9.17, 15) is 4.79 Å². The monoisotopic (exact) mass is 252 g/mol. The van der Waals surface area contributed by atoms with Gasteiger partial charge in [-0.15, -0.1) is 11.3 Å². The van der Waals surface area contributed by atoms with E-state index in [1.54, 1.807) is 11.3 Å². The van der Waals surface area contributed by atoms with Gasteiger partial charge in [0.2, 0.25) is 5.91 Å². The van der Waals surface area contributed by atoms with Crippen LogP contribution in [0.5, 0.6) is 0 Å². The fourth-order valence-electron chi connectivity index (χ4n) is 2.44. The van der Waals surface area contributed by atoms with Crippen LogP contribution in [0.3, 0.4) is 0 Å². The Labute approximate surface area is 107 Å². The van der Waals surface area contributed by atoms with Crippen molar-refractivity contribution in [3.05, 3.63) is 21.9 Å². The van der Waals surface area contributed by atoms with Crippen LogP contribution < -0.4 is 5.73 Å². The number of carbonyl (C=O) groups is 1. The smallest absolute Gasteiger partial charge is 0.227 e. The zero-order chi connectivity index (χ0) is 12.4. The summed E-state index contributed by atoms with van der Waals surface area (Å²) in [7, 11) is 1.88. The van der Waals surface area contributed by atoms with Crippen molar-refractivity contribution in [2.24, 2.45) is 11.7 Å². The summed E-state index contributed by atoms with van der Waals surface area (Å²) in [6, 6.07) is 2.16. The molecular formula is C13H20N2OS. The first-order chi connectivity index (χ1) is 8.09. The molecule has 0 saturated heterocycles. The van der Waals surface area contributed by atoms with E-state index in [4.69, 9.17) is 5.73 Å². The summed E-state index contributed by atoms with van der Waals surface area (Å²) >= 11 is 1.71. The molecular weight excluding hydrogens is 232 g/mol. The Bertz CT molecular complexity index is 402. The third kappa shape index (κ3) is 2.69. The SMILES string of the molecule is Cc1ccsc1CN(C)C(=O)C1CCCC1N. The average Bonchev–Trinajstić information content (AvgIpc) is 2.88. The van der Waals surface area contributed by atoms with Gasteiger partial charge in [0.05, 0.1) is 12.5 Å². The second-order valence-corrected chi connectivity index (χ2v) is 5.92. The minimum atomic E-state index is 0.0419. The van der Waals surface area contributed by atoms with Crippen molar-refractivity contribution in [3.63, 3.8) is 0 Å². The number of nitrogens with zero attached hydrogens (tertiary/aromatic N) is 1. The summed E-state index contributed by atoms with van der Waals surface area (Å²) in [5, 5.41) is 2.07. The number of aryl methyl sites for hydroxylation is 1. The van der Waals surface area contributed by atoms with Crippen LogP contribution in [0.15, 0.2) is 11.4 Å². The molecule has 1 aliphatic rings. The van der Waals surface area contributed by atoms with Gasteiger partial charge >= 0.3 is 0 Å². The molecule has 2 N–H and O–H groups in total. The average molecular weight is 252 g/mol. The Hall–Kier alpha value is -0.870. The fourth-order valence-corrected chi connectivity index (χ4v) is 3.40. The van der Waals surface area contributed by atoms with E-state index in [2.05, 4.69) is 18.4 Å². The van der Waals surface area contributed by atoms with Crippen LogP contribution in [0.25, 0.3) is 0 Å². The molecule has 0 spiro atoms. The molecule has 0 radical (unpaired) electrons. The highest BCUT2D eigenvalue weighted by Crippen LogP contribution is 2.26. The van der Waals surface area contributed by atoms with Gasteiger partial charge in [0.1, 0.15) is 0 Å². The molecule has 17 heavy (non-hydrogen) atoms. The number of carbonyl (C=O) groups excluding carboxylic acids is 1. The van der Waals surface area contributed by atoms with E-state index in [-0.39, 0.29) is 17.9 Å². The van der Waals surface area contributed by atoms with Gasteiger partial charge in [0.15, 0.2) is 0 Å². The fraction of sp³-hybridized carbons (Fsp3) is 0.615. The van der Waals surface area contributed by atoms with Gasteiger partial charge in [-0.2, -0.15) is 0 Å². The van der Waals surface area contributed by atoms with E-state index in [0.29, 0.717) is 6.54 Å². The van der Waals surface area contributed by atoms with E-state index in [1.807, 2.05) is 11.9 Å². The maximum absolute atomic E-state index is 12.2. The Morgan fingerprint density at radius 2 is 2.35 bits per heavy atom. The van der Waals surface area contributed by atoms with Crippen LogP contribution in [-0.4, -0.2) is 23.9 Å². The summed E-state index contributed by atoms with van der Waals surface area (Å²) < 4.78 is 0. The lowest BCUT2D eigenvalue weighted by Crippen LogP contribution is -2.39. The van der Waals surface area contributed by atoms with Crippen molar-refractivity contribution < 1.29 is 4.79 Å². The molecule has 1 heterocycles. The molecule has 2 unspecified atom stereocenters. The number of rotatable bonds is 3. The van der Waals surface area contributed by atoms with Gasteiger partial charge in [0.25, 0.3) is 0 Å². The van der Waals surface area contributed by atoms with Gasteiger partial charge in [-0.1, -0.05) is 6.42 Å². The first-order valence-electron chi connectivity index (χ1n) is 6.13. The predicted molar refractivity (Wildman–Crippen MR) is 70.8 cm³/mol. The number of amides is 1. The predicted octanol–water partition coefficient (Wildman–Crippen LogP) is 2.14. The quantitative estimate of drug-likeness (QED) is 0.896. The molecule has 1 fully saturated rings. The van der Waals surface area contributed by atoms with Crippen LogP contribution in [0.4, 0.5) is 0 Å². The van der Waals surface area contributed by atoms with E-state index < -0.39 is 0 Å². The largest absolute Gasteiger partial charge is 0.340 e. The second-order valence-electron chi connectivity index (χ2n) is 4.92. The van der Waals surface area contributed by atoms with Crippen LogP contribution >= 0.6 is 11.3 Å². The van der Waals surface area contributed by atoms with Crippen molar-refractivity contribution >= 4 is 17.2 Å². The van der Waals surface area contributed by atoms with Crippen molar-refractivity contribution in [2.45, 2.75) is 38.8 Å². The van der Waals surface area contributed by atoms with Gasteiger partial charge in [-0.25, -0.2) is 0 Å². The minimum absolute atomic E-state index is 0.0419. The van der Waals surface area contributed by atoms with Crippen molar-refractivity contribution in [1.82, 2.24) is 4.90 Å². The topological polar surface area (TPSA) is 46.3 Å². The molecule has 94 valence electrons. The first-order valence-corrected chi connectivity index (χ1v) is 7.01. The van der Waals surface area contributed by atoms with Crippen LogP contribution in [0.1, 0.15) is 29.7 Å². The van der Waals surface area contributed by atoms with Crippen LogP contribution in [0, 0.1) is 12.8 Å². The normalized spacial score (nSPS) is 23.9. The molecule has 2 rings (SSSR count). The van der Waals surface area contributed by atoms with Crippen LogP contribution in [-0.2, 0) is 11.3 Å². The van der Waals surface area contributed by atoms with Crippen molar-refractivity contribution in [3.8, 4) is 0 Å². The molecule has 1 aliphatic carbocycles. The highest BCUT2D eigenvalue weighted by atomic mass is 32.1. The Morgan fingerprint density at radius 1 is 1.59 bits per heavy atom. The summed E-state index contributed by atoms with van der Waals surface area (Å²) in [6.07, 6.45) is 3.03. The second kappa shape index (κ2) is 5.19. The van der Waals surface area contributed by atoms with Gasteiger partial charge in [0, 0.05) is 18.0 Å². The molecule has 0 aliphatic heterocycles. The highest BCUT2D eigenvalue weighted by molar-refractivity contribution is 7.10. The lowest BCUT2D eigenvalue weighted by molar-refractivity contribution is -0.134. The number of thiophene rings is 1. The van der Waals surface area contributed by atoms with E-state index in [1.165, 1.54) is 10.4 Å². The molecule has 4 heteroatoms. The Kier molecular flexibility index (Phi) is 3.84. The minimum Gasteiger partial charge on any atom is -0.340 e. The first kappa shape index (κ1) is 12.6. The Balaban J connectivity index is 1.98. The maximum atomic E-state index is 12.2. The van der Waals surface area contributed by atoms with Crippen LogP contribution in [0.2, 0.25) is 0 Å². The van der Waals surface area contributed by atoms with Gasteiger partial charge < -0.3 is 10.6 Å². The molecule has 1 saturated carbocycles. The third-order valence-corrected chi connectivity index (χ3v) is 4.62. The lowest BCUT2D eigenvalue weighted by atomic mass is 10.0. The molecule has 0 bridgehead atoms. The molecule has 1 aromatic rings. The molecule has 1 aromatic heterocycles. The molecule has 1 amide bonds. The van der Waals surface area contributed by atoms with Gasteiger partial charge in [-0.3, -0.25) is 4.79 Å². The standard InChI is InChI=1S/C13H20N2OS/c1-9-6-7-17-12(9)8-15(2)13(16)10-4-3-5-11(10)14/h6-7,10-11H,3-5,8,14H2,1-2H3. The number of nitrogens with two attached hydrogens (primary N) is 1. The van der Waals surface area contributed by atoms with Gasteiger partial charge in [-0.05, 0) is 36.8 Å². The zero-order valence-electron chi connectivity index (χ0n) is 10.5. The summed E-state index contributed by atoms with van der Waals surface area (Å²) in [5.41, 5.74) is 7.24. The van der Waals surface area contributed by atoms with E-state index >= 15 is 0 Å².